The Bertz CT molecular complexity index is 570. The molecule has 0 bridgehead atoms. The van der Waals surface area contributed by atoms with Crippen LogP contribution in [0, 0.1) is 11.3 Å². The summed E-state index contributed by atoms with van der Waals surface area (Å²) in [5, 5.41) is 12.4. The van der Waals surface area contributed by atoms with E-state index in [0.29, 0.717) is 11.3 Å². The zero-order valence-corrected chi connectivity index (χ0v) is 10.2. The third-order valence-electron chi connectivity index (χ3n) is 2.84. The highest BCUT2D eigenvalue weighted by Crippen LogP contribution is 2.23. The van der Waals surface area contributed by atoms with Gasteiger partial charge in [0, 0.05) is 11.7 Å². The van der Waals surface area contributed by atoms with Crippen molar-refractivity contribution < 1.29 is 0 Å². The maximum absolute atomic E-state index is 9.08. The highest BCUT2D eigenvalue weighted by atomic mass is 14.9. The van der Waals surface area contributed by atoms with E-state index in [1.165, 1.54) is 5.56 Å². The van der Waals surface area contributed by atoms with E-state index in [9.17, 15) is 0 Å². The van der Waals surface area contributed by atoms with Crippen molar-refractivity contribution >= 4 is 11.4 Å². The second-order valence-corrected chi connectivity index (χ2v) is 4.19. The molecule has 3 N–H and O–H groups in total. The lowest BCUT2D eigenvalue weighted by Crippen LogP contribution is -2.07. The van der Waals surface area contributed by atoms with E-state index >= 15 is 0 Å². The summed E-state index contributed by atoms with van der Waals surface area (Å²) in [7, 11) is 0. The summed E-state index contributed by atoms with van der Waals surface area (Å²) in [6, 6.07) is 17.7. The molecule has 1 unspecified atom stereocenters. The molecule has 18 heavy (non-hydrogen) atoms. The van der Waals surface area contributed by atoms with E-state index in [1.807, 2.05) is 24.3 Å². The monoisotopic (exact) mass is 237 g/mol. The molecule has 0 aliphatic heterocycles. The van der Waals surface area contributed by atoms with Crippen molar-refractivity contribution in [1.82, 2.24) is 0 Å². The van der Waals surface area contributed by atoms with Gasteiger partial charge in [0.05, 0.1) is 11.3 Å². The van der Waals surface area contributed by atoms with Gasteiger partial charge in [-0.05, 0) is 30.7 Å². The highest BCUT2D eigenvalue weighted by Gasteiger charge is 2.08. The highest BCUT2D eigenvalue weighted by molar-refractivity contribution is 5.63. The summed E-state index contributed by atoms with van der Waals surface area (Å²) >= 11 is 0. The van der Waals surface area contributed by atoms with Gasteiger partial charge in [-0.2, -0.15) is 5.26 Å². The molecular weight excluding hydrogens is 222 g/mol. The van der Waals surface area contributed by atoms with Gasteiger partial charge in [-0.3, -0.25) is 0 Å². The van der Waals surface area contributed by atoms with Crippen molar-refractivity contribution in [3.05, 3.63) is 59.7 Å². The SMILES string of the molecule is CC(Nc1ccc(N)cc1C#N)c1ccccc1. The molecule has 0 aliphatic carbocycles. The molecule has 0 amide bonds. The number of anilines is 2. The van der Waals surface area contributed by atoms with Crippen molar-refractivity contribution in [2.45, 2.75) is 13.0 Å². The molecule has 0 fully saturated rings. The molecule has 0 heterocycles. The van der Waals surface area contributed by atoms with Gasteiger partial charge >= 0.3 is 0 Å². The number of nitrogens with two attached hydrogens (primary N) is 1. The molecular formula is C15H15N3. The van der Waals surface area contributed by atoms with Gasteiger partial charge < -0.3 is 11.1 Å². The van der Waals surface area contributed by atoms with Crippen LogP contribution in [0.25, 0.3) is 0 Å². The predicted molar refractivity (Wildman–Crippen MR) is 74.0 cm³/mol. The number of hydrogen-bond acceptors (Lipinski definition) is 3. The minimum Gasteiger partial charge on any atom is -0.399 e. The van der Waals surface area contributed by atoms with Crippen LogP contribution in [0.5, 0.6) is 0 Å². The minimum absolute atomic E-state index is 0.141. The minimum atomic E-state index is 0.141. The van der Waals surface area contributed by atoms with Crippen LogP contribution in [-0.2, 0) is 0 Å². The molecule has 2 aromatic rings. The van der Waals surface area contributed by atoms with E-state index in [-0.39, 0.29) is 6.04 Å². The van der Waals surface area contributed by atoms with Crippen LogP contribution < -0.4 is 11.1 Å². The van der Waals surface area contributed by atoms with Crippen LogP contribution >= 0.6 is 0 Å². The van der Waals surface area contributed by atoms with Gasteiger partial charge in [-0.15, -0.1) is 0 Å². The first-order valence-corrected chi connectivity index (χ1v) is 5.82. The zero-order chi connectivity index (χ0) is 13.0. The fourth-order valence-corrected chi connectivity index (χ4v) is 1.84. The lowest BCUT2D eigenvalue weighted by Gasteiger charge is -2.16. The molecule has 90 valence electrons. The summed E-state index contributed by atoms with van der Waals surface area (Å²) in [5.74, 6) is 0. The lowest BCUT2D eigenvalue weighted by atomic mass is 10.1. The average Bonchev–Trinajstić information content (AvgIpc) is 2.41. The molecule has 3 heteroatoms. The molecule has 0 aliphatic rings. The summed E-state index contributed by atoms with van der Waals surface area (Å²) < 4.78 is 0. The molecule has 3 nitrogen and oxygen atoms in total. The quantitative estimate of drug-likeness (QED) is 0.805. The third-order valence-corrected chi connectivity index (χ3v) is 2.84. The van der Waals surface area contributed by atoms with Crippen LogP contribution in [0.1, 0.15) is 24.1 Å². The van der Waals surface area contributed by atoms with Crippen LogP contribution in [0.2, 0.25) is 0 Å². The Morgan fingerprint density at radius 3 is 2.56 bits per heavy atom. The van der Waals surface area contributed by atoms with Crippen molar-refractivity contribution in [3.8, 4) is 6.07 Å². The number of benzene rings is 2. The topological polar surface area (TPSA) is 61.8 Å². The molecule has 2 rings (SSSR count). The molecule has 2 aromatic carbocycles. The first-order valence-electron chi connectivity index (χ1n) is 5.82. The van der Waals surface area contributed by atoms with Gasteiger partial charge in [0.1, 0.15) is 6.07 Å². The smallest absolute Gasteiger partial charge is 0.101 e. The molecule has 0 saturated heterocycles. The van der Waals surface area contributed by atoms with E-state index in [1.54, 1.807) is 12.1 Å². The van der Waals surface area contributed by atoms with E-state index in [4.69, 9.17) is 11.0 Å². The second-order valence-electron chi connectivity index (χ2n) is 4.19. The zero-order valence-electron chi connectivity index (χ0n) is 10.2. The maximum Gasteiger partial charge on any atom is 0.101 e. The van der Waals surface area contributed by atoms with Crippen LogP contribution in [0.15, 0.2) is 48.5 Å². The van der Waals surface area contributed by atoms with Gasteiger partial charge in [0.25, 0.3) is 0 Å². The van der Waals surface area contributed by atoms with E-state index in [0.717, 1.165) is 5.69 Å². The average molecular weight is 237 g/mol. The fourth-order valence-electron chi connectivity index (χ4n) is 1.84. The van der Waals surface area contributed by atoms with Crippen molar-refractivity contribution in [3.63, 3.8) is 0 Å². The Labute approximate surface area is 107 Å². The normalized spacial score (nSPS) is 11.6. The Kier molecular flexibility index (Phi) is 3.49. The number of hydrogen-bond donors (Lipinski definition) is 2. The number of nitrogens with zero attached hydrogens (tertiary/aromatic N) is 1. The first kappa shape index (κ1) is 12.0. The van der Waals surface area contributed by atoms with E-state index in [2.05, 4.69) is 30.4 Å². The second kappa shape index (κ2) is 5.24. The van der Waals surface area contributed by atoms with Gasteiger partial charge in [-0.25, -0.2) is 0 Å². The van der Waals surface area contributed by atoms with Crippen LogP contribution in [-0.4, -0.2) is 0 Å². The molecule has 0 aromatic heterocycles. The summed E-state index contributed by atoms with van der Waals surface area (Å²) in [6.07, 6.45) is 0. The molecule has 0 saturated carbocycles. The number of rotatable bonds is 3. The van der Waals surface area contributed by atoms with Gasteiger partial charge in [0.15, 0.2) is 0 Å². The van der Waals surface area contributed by atoms with E-state index < -0.39 is 0 Å². The van der Waals surface area contributed by atoms with Crippen LogP contribution in [0.4, 0.5) is 11.4 Å². The summed E-state index contributed by atoms with van der Waals surface area (Å²) in [6.45, 7) is 2.06. The first-order chi connectivity index (χ1) is 8.70. The molecule has 0 spiro atoms. The van der Waals surface area contributed by atoms with Crippen molar-refractivity contribution in [2.24, 2.45) is 0 Å². The number of nitrogen functional groups attached to an aromatic ring is 1. The number of nitriles is 1. The molecule has 0 radical (unpaired) electrons. The lowest BCUT2D eigenvalue weighted by molar-refractivity contribution is 0.884. The Hall–Kier alpha value is -2.47. The summed E-state index contributed by atoms with van der Waals surface area (Å²) in [5.41, 5.74) is 8.82. The Morgan fingerprint density at radius 1 is 1.17 bits per heavy atom. The fraction of sp³-hybridized carbons (Fsp3) is 0.133. The molecule has 1 atom stereocenters. The summed E-state index contributed by atoms with van der Waals surface area (Å²) in [4.78, 5) is 0. The number of nitrogens with one attached hydrogen (secondary N) is 1. The predicted octanol–water partition coefficient (Wildman–Crippen LogP) is 3.31. The van der Waals surface area contributed by atoms with Crippen LogP contribution in [0.3, 0.4) is 0 Å². The standard InChI is InChI=1S/C15H15N3/c1-11(12-5-3-2-4-6-12)18-15-8-7-14(17)9-13(15)10-16/h2-9,11,18H,17H2,1H3. The van der Waals surface area contributed by atoms with Gasteiger partial charge in [-0.1, -0.05) is 30.3 Å². The third kappa shape index (κ3) is 2.61. The van der Waals surface area contributed by atoms with Gasteiger partial charge in [0.2, 0.25) is 0 Å². The maximum atomic E-state index is 9.08. The largest absolute Gasteiger partial charge is 0.399 e. The Morgan fingerprint density at radius 2 is 1.89 bits per heavy atom. The van der Waals surface area contributed by atoms with Crippen molar-refractivity contribution in [2.75, 3.05) is 11.1 Å². The Balaban J connectivity index is 2.22. The van der Waals surface area contributed by atoms with Crippen molar-refractivity contribution in [1.29, 1.82) is 5.26 Å².